The molecule has 1 aromatic carbocycles. The highest BCUT2D eigenvalue weighted by molar-refractivity contribution is 5.55. The topological polar surface area (TPSA) is 29.3 Å². The lowest BCUT2D eigenvalue weighted by Crippen LogP contribution is -2.32. The highest BCUT2D eigenvalue weighted by Crippen LogP contribution is 2.28. The number of benzene rings is 1. The average molecular weight is 262 g/mol. The van der Waals surface area contributed by atoms with Crippen LogP contribution in [0.25, 0.3) is 0 Å². The third-order valence-corrected chi connectivity index (χ3v) is 3.29. The van der Waals surface area contributed by atoms with Crippen molar-refractivity contribution in [3.63, 3.8) is 0 Å². The first kappa shape index (κ1) is 16.0. The van der Waals surface area contributed by atoms with Gasteiger partial charge in [-0.2, -0.15) is 0 Å². The Hall–Kier alpha value is -1.02. The maximum absolute atomic E-state index is 6.27. The minimum absolute atomic E-state index is 0.137. The molecule has 2 heteroatoms. The lowest BCUT2D eigenvalue weighted by Gasteiger charge is -2.31. The Kier molecular flexibility index (Phi) is 6.36. The highest BCUT2D eigenvalue weighted by atomic mass is 15.1. The van der Waals surface area contributed by atoms with Gasteiger partial charge >= 0.3 is 0 Å². The highest BCUT2D eigenvalue weighted by Gasteiger charge is 2.16. The van der Waals surface area contributed by atoms with Gasteiger partial charge in [0.2, 0.25) is 0 Å². The van der Waals surface area contributed by atoms with Crippen molar-refractivity contribution < 1.29 is 0 Å². The standard InChI is InChI=1S/C17H30N2/c1-6-16(18)15-9-7-8-10-17(15)19(11-13(2)3)12-14(4)5/h7-10,13-14,16H,6,11-12,18H2,1-5H3. The number of para-hydroxylation sites is 1. The first-order chi connectivity index (χ1) is 8.95. The summed E-state index contributed by atoms with van der Waals surface area (Å²) in [5.41, 5.74) is 8.87. The van der Waals surface area contributed by atoms with Crippen LogP contribution in [0.5, 0.6) is 0 Å². The molecule has 2 nitrogen and oxygen atoms in total. The van der Waals surface area contributed by atoms with E-state index in [1.54, 1.807) is 0 Å². The van der Waals surface area contributed by atoms with Crippen LogP contribution in [-0.2, 0) is 0 Å². The van der Waals surface area contributed by atoms with Crippen molar-refractivity contribution in [2.45, 2.75) is 47.1 Å². The molecule has 0 amide bonds. The van der Waals surface area contributed by atoms with E-state index in [1.807, 2.05) is 0 Å². The molecule has 1 atom stereocenters. The Labute approximate surface area is 119 Å². The molecule has 108 valence electrons. The zero-order valence-electron chi connectivity index (χ0n) is 13.2. The predicted octanol–water partition coefficient (Wildman–Crippen LogP) is 4.21. The number of hydrogen-bond acceptors (Lipinski definition) is 2. The molecule has 2 N–H and O–H groups in total. The number of hydrogen-bond donors (Lipinski definition) is 1. The summed E-state index contributed by atoms with van der Waals surface area (Å²) >= 11 is 0. The lowest BCUT2D eigenvalue weighted by molar-refractivity contribution is 0.549. The maximum atomic E-state index is 6.27. The molecule has 0 aliphatic heterocycles. The summed E-state index contributed by atoms with van der Waals surface area (Å²) in [5, 5.41) is 0. The van der Waals surface area contributed by atoms with Crippen LogP contribution in [0.1, 0.15) is 52.6 Å². The second-order valence-corrected chi connectivity index (χ2v) is 6.27. The first-order valence-corrected chi connectivity index (χ1v) is 7.55. The molecule has 0 fully saturated rings. The van der Waals surface area contributed by atoms with Gasteiger partial charge in [-0.25, -0.2) is 0 Å². The number of nitrogens with two attached hydrogens (primary N) is 1. The van der Waals surface area contributed by atoms with E-state index in [9.17, 15) is 0 Å². The molecule has 0 spiro atoms. The van der Waals surface area contributed by atoms with Crippen molar-refractivity contribution in [2.75, 3.05) is 18.0 Å². The third kappa shape index (κ3) is 4.87. The van der Waals surface area contributed by atoms with E-state index in [0.29, 0.717) is 11.8 Å². The number of rotatable bonds is 7. The van der Waals surface area contributed by atoms with Crippen LogP contribution in [-0.4, -0.2) is 13.1 Å². The van der Waals surface area contributed by atoms with Crippen molar-refractivity contribution >= 4 is 5.69 Å². The molecular formula is C17H30N2. The Morgan fingerprint density at radius 1 is 1.00 bits per heavy atom. The minimum Gasteiger partial charge on any atom is -0.371 e. The normalized spacial score (nSPS) is 13.1. The van der Waals surface area contributed by atoms with Crippen molar-refractivity contribution in [2.24, 2.45) is 17.6 Å². The van der Waals surface area contributed by atoms with Gasteiger partial charge in [0.1, 0.15) is 0 Å². The van der Waals surface area contributed by atoms with E-state index < -0.39 is 0 Å². The van der Waals surface area contributed by atoms with Crippen LogP contribution in [0.15, 0.2) is 24.3 Å². The van der Waals surface area contributed by atoms with Crippen molar-refractivity contribution in [1.82, 2.24) is 0 Å². The Bertz CT molecular complexity index is 361. The van der Waals surface area contributed by atoms with Gasteiger partial charge in [0.05, 0.1) is 0 Å². The van der Waals surface area contributed by atoms with Gasteiger partial charge in [0.15, 0.2) is 0 Å². The van der Waals surface area contributed by atoms with Crippen LogP contribution in [0.2, 0.25) is 0 Å². The molecule has 0 saturated heterocycles. The van der Waals surface area contributed by atoms with E-state index in [2.05, 4.69) is 63.8 Å². The zero-order chi connectivity index (χ0) is 14.4. The molecule has 19 heavy (non-hydrogen) atoms. The van der Waals surface area contributed by atoms with E-state index in [4.69, 9.17) is 5.73 Å². The second-order valence-electron chi connectivity index (χ2n) is 6.27. The van der Waals surface area contributed by atoms with Crippen molar-refractivity contribution in [3.05, 3.63) is 29.8 Å². The van der Waals surface area contributed by atoms with E-state index in [0.717, 1.165) is 19.5 Å². The molecule has 0 saturated carbocycles. The van der Waals surface area contributed by atoms with Crippen molar-refractivity contribution in [3.8, 4) is 0 Å². The molecule has 0 bridgehead atoms. The van der Waals surface area contributed by atoms with Gasteiger partial charge in [-0.15, -0.1) is 0 Å². The third-order valence-electron chi connectivity index (χ3n) is 3.29. The summed E-state index contributed by atoms with van der Waals surface area (Å²) in [4.78, 5) is 2.50. The summed E-state index contributed by atoms with van der Waals surface area (Å²) < 4.78 is 0. The SMILES string of the molecule is CCC(N)c1ccccc1N(CC(C)C)CC(C)C. The van der Waals surface area contributed by atoms with Gasteiger partial charge in [-0.1, -0.05) is 52.8 Å². The Balaban J connectivity index is 3.06. The minimum atomic E-state index is 0.137. The molecular weight excluding hydrogens is 232 g/mol. The Morgan fingerprint density at radius 2 is 1.53 bits per heavy atom. The average Bonchev–Trinajstić information content (AvgIpc) is 2.36. The molecule has 0 aromatic heterocycles. The molecule has 1 unspecified atom stereocenters. The summed E-state index contributed by atoms with van der Waals surface area (Å²) in [6.45, 7) is 13.4. The summed E-state index contributed by atoms with van der Waals surface area (Å²) in [7, 11) is 0. The first-order valence-electron chi connectivity index (χ1n) is 7.55. The lowest BCUT2D eigenvalue weighted by atomic mass is 10.0. The number of nitrogens with zero attached hydrogens (tertiary/aromatic N) is 1. The van der Waals surface area contributed by atoms with Crippen LogP contribution >= 0.6 is 0 Å². The molecule has 1 aromatic rings. The van der Waals surface area contributed by atoms with E-state index in [-0.39, 0.29) is 6.04 Å². The summed E-state index contributed by atoms with van der Waals surface area (Å²) in [6.07, 6.45) is 0.980. The van der Waals surface area contributed by atoms with Crippen LogP contribution in [0, 0.1) is 11.8 Å². The fraction of sp³-hybridized carbons (Fsp3) is 0.647. The number of anilines is 1. The molecule has 0 aliphatic rings. The van der Waals surface area contributed by atoms with E-state index >= 15 is 0 Å². The molecule has 0 aliphatic carbocycles. The second kappa shape index (κ2) is 7.54. The molecule has 0 radical (unpaired) electrons. The van der Waals surface area contributed by atoms with Gasteiger partial charge in [0, 0.05) is 24.8 Å². The smallest absolute Gasteiger partial charge is 0.0414 e. The predicted molar refractivity (Wildman–Crippen MR) is 85.6 cm³/mol. The molecule has 0 heterocycles. The largest absolute Gasteiger partial charge is 0.371 e. The van der Waals surface area contributed by atoms with Gasteiger partial charge in [-0.3, -0.25) is 0 Å². The Morgan fingerprint density at radius 3 is 2.00 bits per heavy atom. The van der Waals surface area contributed by atoms with Crippen LogP contribution in [0.3, 0.4) is 0 Å². The fourth-order valence-electron chi connectivity index (χ4n) is 2.46. The fourth-order valence-corrected chi connectivity index (χ4v) is 2.46. The van der Waals surface area contributed by atoms with Gasteiger partial charge in [0.25, 0.3) is 0 Å². The monoisotopic (exact) mass is 262 g/mol. The summed E-state index contributed by atoms with van der Waals surface area (Å²) in [5.74, 6) is 1.31. The van der Waals surface area contributed by atoms with Crippen LogP contribution in [0.4, 0.5) is 5.69 Å². The molecule has 1 rings (SSSR count). The van der Waals surface area contributed by atoms with Gasteiger partial charge < -0.3 is 10.6 Å². The van der Waals surface area contributed by atoms with E-state index in [1.165, 1.54) is 11.3 Å². The quantitative estimate of drug-likeness (QED) is 0.797. The van der Waals surface area contributed by atoms with Crippen molar-refractivity contribution in [1.29, 1.82) is 0 Å². The summed E-state index contributed by atoms with van der Waals surface area (Å²) in [6, 6.07) is 8.75. The van der Waals surface area contributed by atoms with Gasteiger partial charge in [-0.05, 0) is 29.9 Å². The maximum Gasteiger partial charge on any atom is 0.0414 e. The van der Waals surface area contributed by atoms with Crippen LogP contribution < -0.4 is 10.6 Å². The zero-order valence-corrected chi connectivity index (χ0v) is 13.2.